The Morgan fingerprint density at radius 1 is 0.619 bits per heavy atom. The number of carbonyl (C=O) groups is 4. The Morgan fingerprint density at radius 3 is 1.02 bits per heavy atom. The molecule has 12 nitrogen and oxygen atoms in total. The highest BCUT2D eigenvalue weighted by molar-refractivity contribution is 5.89. The van der Waals surface area contributed by atoms with Crippen LogP contribution in [0.15, 0.2) is 12.2 Å². The molecule has 12 heteroatoms. The molecule has 0 atom stereocenters. The summed E-state index contributed by atoms with van der Waals surface area (Å²) < 4.78 is 10.7. The minimum absolute atomic E-state index is 0.0193. The van der Waals surface area contributed by atoms with Crippen LogP contribution in [0, 0.1) is 0 Å². The quantitative estimate of drug-likeness (QED) is 0.291. The Labute approximate surface area is 251 Å². The standard InChI is InChI=1S/2C13H25NO3.C4H4O4/c2*1-7-16-14-12(3,4)8-11(17-10(2)15)9-13(14,5)6;5-3(6)1-2-4(7)8/h2*11H,7-9H2,1-6H3;1-2H,(H,5,6)(H,7,8). The number of carboxylic acid groups (broad SMARTS) is 2. The van der Waals surface area contributed by atoms with E-state index in [0.717, 1.165) is 25.7 Å². The number of carbonyl (C=O) groups excluding carboxylic acids is 2. The molecule has 244 valence electrons. The lowest BCUT2D eigenvalue weighted by atomic mass is 9.80. The smallest absolute Gasteiger partial charge is 0.328 e. The molecule has 42 heavy (non-hydrogen) atoms. The maximum atomic E-state index is 11.1. The molecule has 0 radical (unpaired) electrons. The van der Waals surface area contributed by atoms with E-state index in [1.54, 1.807) is 0 Å². The first-order valence-corrected chi connectivity index (χ1v) is 14.4. The second kappa shape index (κ2) is 16.3. The van der Waals surface area contributed by atoms with Crippen molar-refractivity contribution < 1.29 is 48.5 Å². The van der Waals surface area contributed by atoms with E-state index < -0.39 is 11.9 Å². The molecule has 2 rings (SSSR count). The zero-order chi connectivity index (χ0) is 33.1. The number of hydroxylamine groups is 4. The predicted octanol–water partition coefficient (Wildman–Crippen LogP) is 4.76. The SMILES string of the molecule is CCON1C(C)(C)CC(OC(C)=O)CC1(C)C.CCON1C(C)(C)CC(OC(C)=O)CC1(C)C.O=C(O)C=CC(=O)O. The normalized spacial score (nSPS) is 21.7. The number of hydrogen-bond donors (Lipinski definition) is 2. The highest BCUT2D eigenvalue weighted by Gasteiger charge is 2.48. The van der Waals surface area contributed by atoms with Crippen molar-refractivity contribution in [1.82, 2.24) is 10.1 Å². The lowest BCUT2D eigenvalue weighted by molar-refractivity contribution is -0.290. The molecule has 0 saturated carbocycles. The van der Waals surface area contributed by atoms with E-state index in [9.17, 15) is 19.2 Å². The second-order valence-corrected chi connectivity index (χ2v) is 13.0. The average molecular weight is 603 g/mol. The first kappa shape index (κ1) is 39.5. The molecule has 0 aromatic rings. The molecule has 2 heterocycles. The van der Waals surface area contributed by atoms with Crippen LogP contribution in [0.4, 0.5) is 0 Å². The van der Waals surface area contributed by atoms with E-state index in [1.807, 2.05) is 13.8 Å². The number of ether oxygens (including phenoxy) is 2. The molecule has 2 N–H and O–H groups in total. The first-order valence-electron chi connectivity index (χ1n) is 14.4. The number of esters is 2. The fourth-order valence-electron chi connectivity index (χ4n) is 6.08. The second-order valence-electron chi connectivity index (χ2n) is 13.0. The van der Waals surface area contributed by atoms with Gasteiger partial charge in [0.05, 0.1) is 13.2 Å². The number of nitrogens with zero attached hydrogens (tertiary/aromatic N) is 2. The van der Waals surface area contributed by atoms with E-state index in [-0.39, 0.29) is 46.3 Å². The van der Waals surface area contributed by atoms with E-state index in [0.29, 0.717) is 25.4 Å². The topological polar surface area (TPSA) is 152 Å². The van der Waals surface area contributed by atoms with Gasteiger partial charge in [0.1, 0.15) is 12.2 Å². The van der Waals surface area contributed by atoms with Gasteiger partial charge in [-0.05, 0) is 69.2 Å². The maximum Gasteiger partial charge on any atom is 0.328 e. The molecular formula is C30H54N2O10. The van der Waals surface area contributed by atoms with Crippen LogP contribution >= 0.6 is 0 Å². The van der Waals surface area contributed by atoms with Gasteiger partial charge in [-0.3, -0.25) is 19.3 Å². The molecule has 0 aromatic heterocycles. The summed E-state index contributed by atoms with van der Waals surface area (Å²) in [5, 5.41) is 19.7. The zero-order valence-corrected chi connectivity index (χ0v) is 27.6. The molecule has 0 amide bonds. The van der Waals surface area contributed by atoms with Gasteiger partial charge in [0.15, 0.2) is 0 Å². The summed E-state index contributed by atoms with van der Waals surface area (Å²) in [6.45, 7) is 25.2. The van der Waals surface area contributed by atoms with Gasteiger partial charge in [-0.1, -0.05) is 0 Å². The van der Waals surface area contributed by atoms with Crippen molar-refractivity contribution in [2.24, 2.45) is 0 Å². The first-order chi connectivity index (χ1) is 19.0. The summed E-state index contributed by atoms with van der Waals surface area (Å²) in [5.74, 6) is -2.92. The summed E-state index contributed by atoms with van der Waals surface area (Å²) in [7, 11) is 0. The zero-order valence-electron chi connectivity index (χ0n) is 27.6. The number of hydrogen-bond acceptors (Lipinski definition) is 10. The molecule has 2 aliphatic rings. The van der Waals surface area contributed by atoms with Crippen LogP contribution in [0.3, 0.4) is 0 Å². The minimum atomic E-state index is -1.26. The number of rotatable bonds is 8. The molecule has 2 saturated heterocycles. The minimum Gasteiger partial charge on any atom is -0.478 e. The van der Waals surface area contributed by atoms with Gasteiger partial charge in [-0.2, -0.15) is 10.1 Å². The van der Waals surface area contributed by atoms with Crippen LogP contribution in [-0.4, -0.2) is 91.8 Å². The summed E-state index contributed by atoms with van der Waals surface area (Å²) in [6.07, 6.45) is 4.28. The Hall–Kier alpha value is -2.54. The summed E-state index contributed by atoms with van der Waals surface area (Å²) in [5.41, 5.74) is -0.508. The van der Waals surface area contributed by atoms with Gasteiger partial charge >= 0.3 is 23.9 Å². The highest BCUT2D eigenvalue weighted by Crippen LogP contribution is 2.40. The molecule has 0 aromatic carbocycles. The predicted molar refractivity (Wildman–Crippen MR) is 157 cm³/mol. The average Bonchev–Trinajstić information content (AvgIpc) is 2.76. The lowest BCUT2D eigenvalue weighted by Crippen LogP contribution is -2.62. The third-order valence-electron chi connectivity index (χ3n) is 6.66. The van der Waals surface area contributed by atoms with Crippen LogP contribution in [0.25, 0.3) is 0 Å². The number of piperidine rings is 2. The molecule has 0 aliphatic carbocycles. The Kier molecular flexibility index (Phi) is 15.4. The van der Waals surface area contributed by atoms with Crippen LogP contribution < -0.4 is 0 Å². The van der Waals surface area contributed by atoms with Crippen LogP contribution in [0.5, 0.6) is 0 Å². The fourth-order valence-corrected chi connectivity index (χ4v) is 6.08. The molecule has 0 spiro atoms. The van der Waals surface area contributed by atoms with Crippen molar-refractivity contribution in [3.05, 3.63) is 12.2 Å². The molecule has 0 unspecified atom stereocenters. The van der Waals surface area contributed by atoms with Crippen LogP contribution in [0.2, 0.25) is 0 Å². The molecule has 0 bridgehead atoms. The molecular weight excluding hydrogens is 548 g/mol. The van der Waals surface area contributed by atoms with Crippen molar-refractivity contribution in [3.8, 4) is 0 Å². The van der Waals surface area contributed by atoms with Crippen LogP contribution in [0.1, 0.15) is 109 Å². The highest BCUT2D eigenvalue weighted by atomic mass is 16.7. The number of aliphatic carboxylic acids is 2. The monoisotopic (exact) mass is 602 g/mol. The Morgan fingerprint density at radius 2 is 0.857 bits per heavy atom. The molecule has 2 aliphatic heterocycles. The Balaban J connectivity index is 0.000000642. The van der Waals surface area contributed by atoms with Gasteiger partial charge in [0.25, 0.3) is 0 Å². The van der Waals surface area contributed by atoms with Gasteiger partial charge in [0.2, 0.25) is 0 Å². The van der Waals surface area contributed by atoms with Crippen molar-refractivity contribution in [2.75, 3.05) is 13.2 Å². The number of carboxylic acids is 2. The van der Waals surface area contributed by atoms with Crippen molar-refractivity contribution in [2.45, 2.75) is 143 Å². The Bertz CT molecular complexity index is 832. The fraction of sp³-hybridized carbons (Fsp3) is 0.800. The molecule has 2 fully saturated rings. The van der Waals surface area contributed by atoms with E-state index >= 15 is 0 Å². The van der Waals surface area contributed by atoms with Crippen molar-refractivity contribution in [1.29, 1.82) is 0 Å². The third-order valence-corrected chi connectivity index (χ3v) is 6.66. The third kappa shape index (κ3) is 13.6. The van der Waals surface area contributed by atoms with Crippen molar-refractivity contribution in [3.63, 3.8) is 0 Å². The summed E-state index contributed by atoms with van der Waals surface area (Å²) in [4.78, 5) is 52.8. The van der Waals surface area contributed by atoms with Gasteiger partial charge in [-0.25, -0.2) is 9.59 Å². The van der Waals surface area contributed by atoms with E-state index in [1.165, 1.54) is 13.8 Å². The van der Waals surface area contributed by atoms with Crippen LogP contribution in [-0.2, 0) is 38.3 Å². The maximum absolute atomic E-state index is 11.1. The van der Waals surface area contributed by atoms with Gasteiger partial charge in [0, 0.05) is 73.8 Å². The summed E-state index contributed by atoms with van der Waals surface area (Å²) in [6, 6.07) is 0. The van der Waals surface area contributed by atoms with E-state index in [4.69, 9.17) is 29.4 Å². The lowest BCUT2D eigenvalue weighted by Gasteiger charge is -2.53. The van der Waals surface area contributed by atoms with E-state index in [2.05, 4.69) is 65.5 Å². The summed E-state index contributed by atoms with van der Waals surface area (Å²) >= 11 is 0. The largest absolute Gasteiger partial charge is 0.478 e. The van der Waals surface area contributed by atoms with Gasteiger partial charge < -0.3 is 19.7 Å². The van der Waals surface area contributed by atoms with Gasteiger partial charge in [-0.15, -0.1) is 0 Å². The van der Waals surface area contributed by atoms with Crippen molar-refractivity contribution >= 4 is 23.9 Å².